The van der Waals surface area contributed by atoms with Crippen LogP contribution in [0.3, 0.4) is 0 Å². The van der Waals surface area contributed by atoms with Gasteiger partial charge in [0.25, 0.3) is 0 Å². The summed E-state index contributed by atoms with van der Waals surface area (Å²) in [5, 5.41) is 4.72. The van der Waals surface area contributed by atoms with Gasteiger partial charge in [0.15, 0.2) is 0 Å². The molecule has 0 aliphatic carbocycles. The number of anilines is 6. The quantitative estimate of drug-likeness (QED) is 0.114. The van der Waals surface area contributed by atoms with Crippen molar-refractivity contribution in [3.8, 4) is 22.3 Å². The van der Waals surface area contributed by atoms with E-state index in [0.717, 1.165) is 34.1 Å². The molecule has 270 valence electrons. The molecule has 0 radical (unpaired) electrons. The first-order valence-corrected chi connectivity index (χ1v) is 19.4. The van der Waals surface area contributed by atoms with E-state index in [1.54, 1.807) is 0 Å². The highest BCUT2D eigenvalue weighted by molar-refractivity contribution is 6.23. The average molecular weight is 721 g/mol. The minimum absolute atomic E-state index is 1.11. The van der Waals surface area contributed by atoms with Crippen LogP contribution >= 0.6 is 0 Å². The summed E-state index contributed by atoms with van der Waals surface area (Å²) in [6, 6.07) is 70.6. The third kappa shape index (κ3) is 6.20. The lowest BCUT2D eigenvalue weighted by Crippen LogP contribution is -2.15. The molecule has 9 aromatic rings. The van der Waals surface area contributed by atoms with Crippen LogP contribution in [0.25, 0.3) is 43.8 Å². The Hall–Kier alpha value is -6.90. The normalized spacial score (nSPS) is 11.2. The number of fused-ring (bicyclic) bond motifs is 2. The van der Waals surface area contributed by atoms with Crippen molar-refractivity contribution < 1.29 is 0 Å². The maximum absolute atomic E-state index is 2.46. The Kier molecular flexibility index (Phi) is 9.17. The van der Waals surface area contributed by atoms with Crippen LogP contribution in [0.5, 0.6) is 0 Å². The number of para-hydroxylation sites is 2. The Balaban J connectivity index is 1.31. The van der Waals surface area contributed by atoms with Gasteiger partial charge in [-0.05, 0) is 121 Å². The van der Waals surface area contributed by atoms with Crippen molar-refractivity contribution in [2.45, 2.75) is 27.7 Å². The SMILES string of the molecule is Cc1ccccc1-c1ccc(N(c2ccccc2)c2c3ccccc3c(N(c3ccccc3)c3ccc(-c4ccccc4C)c(C)c3)c3ccccc23)cc1C. The molecule has 0 aromatic heterocycles. The van der Waals surface area contributed by atoms with Crippen molar-refractivity contribution in [3.05, 3.63) is 216 Å². The fraction of sp³-hybridized carbons (Fsp3) is 0.0741. The molecule has 56 heavy (non-hydrogen) atoms. The largest absolute Gasteiger partial charge is 0.309 e. The van der Waals surface area contributed by atoms with Gasteiger partial charge in [0.2, 0.25) is 0 Å². The topological polar surface area (TPSA) is 6.48 Å². The summed E-state index contributed by atoms with van der Waals surface area (Å²) in [5.74, 6) is 0. The molecule has 0 spiro atoms. The summed E-state index contributed by atoms with van der Waals surface area (Å²) in [6.45, 7) is 8.85. The maximum atomic E-state index is 2.46. The molecule has 9 rings (SSSR count). The van der Waals surface area contributed by atoms with Crippen molar-refractivity contribution >= 4 is 55.7 Å². The lowest BCUT2D eigenvalue weighted by atomic mass is 9.93. The second-order valence-corrected chi connectivity index (χ2v) is 14.8. The lowest BCUT2D eigenvalue weighted by Gasteiger charge is -2.33. The predicted octanol–water partition coefficient (Wildman–Crippen LogP) is 15.5. The zero-order chi connectivity index (χ0) is 38.2. The summed E-state index contributed by atoms with van der Waals surface area (Å²) in [7, 11) is 0. The molecule has 0 amide bonds. The fourth-order valence-corrected chi connectivity index (χ4v) is 8.46. The van der Waals surface area contributed by atoms with Gasteiger partial charge < -0.3 is 9.80 Å². The standard InChI is InChI=1S/C54H44N2/c1-37-19-11-13-25-45(37)47-33-31-43(35-39(47)3)55(41-21-7-5-8-22-41)53-49-27-15-17-29-51(49)54(52-30-18-16-28-50(52)53)56(42-23-9-6-10-24-42)44-32-34-48(40(4)36-44)46-26-14-12-20-38(46)2/h5-36H,1-4H3. The Bertz CT molecular complexity index is 2600. The number of rotatable bonds is 8. The van der Waals surface area contributed by atoms with Crippen molar-refractivity contribution in [1.29, 1.82) is 0 Å². The molecular weight excluding hydrogens is 677 g/mol. The monoisotopic (exact) mass is 720 g/mol. The summed E-state index contributed by atoms with van der Waals surface area (Å²) < 4.78 is 0. The van der Waals surface area contributed by atoms with Gasteiger partial charge in [-0.15, -0.1) is 0 Å². The van der Waals surface area contributed by atoms with Gasteiger partial charge in [0.05, 0.1) is 11.4 Å². The van der Waals surface area contributed by atoms with Crippen LogP contribution in [-0.4, -0.2) is 0 Å². The van der Waals surface area contributed by atoms with E-state index in [-0.39, 0.29) is 0 Å². The summed E-state index contributed by atoms with van der Waals surface area (Å²) in [6.07, 6.45) is 0. The van der Waals surface area contributed by atoms with Crippen LogP contribution in [0.2, 0.25) is 0 Å². The van der Waals surface area contributed by atoms with Gasteiger partial charge in [-0.2, -0.15) is 0 Å². The van der Waals surface area contributed by atoms with Gasteiger partial charge in [-0.1, -0.05) is 146 Å². The van der Waals surface area contributed by atoms with Crippen LogP contribution in [0.1, 0.15) is 22.3 Å². The van der Waals surface area contributed by atoms with E-state index in [4.69, 9.17) is 0 Å². The highest BCUT2D eigenvalue weighted by Crippen LogP contribution is 2.51. The van der Waals surface area contributed by atoms with E-state index in [9.17, 15) is 0 Å². The Morgan fingerprint density at radius 1 is 0.250 bits per heavy atom. The summed E-state index contributed by atoms with van der Waals surface area (Å²) in [4.78, 5) is 4.91. The zero-order valence-electron chi connectivity index (χ0n) is 32.4. The van der Waals surface area contributed by atoms with E-state index in [0.29, 0.717) is 0 Å². The first-order valence-electron chi connectivity index (χ1n) is 19.4. The van der Waals surface area contributed by atoms with E-state index in [2.05, 4.69) is 232 Å². The molecule has 0 atom stereocenters. The number of aryl methyl sites for hydroxylation is 4. The first-order chi connectivity index (χ1) is 27.5. The van der Waals surface area contributed by atoms with E-state index < -0.39 is 0 Å². The lowest BCUT2D eigenvalue weighted by molar-refractivity contribution is 1.28. The number of hydrogen-bond acceptors (Lipinski definition) is 2. The van der Waals surface area contributed by atoms with Crippen LogP contribution in [-0.2, 0) is 0 Å². The van der Waals surface area contributed by atoms with Crippen LogP contribution in [0.15, 0.2) is 194 Å². The molecule has 0 saturated heterocycles. The molecule has 9 aromatic carbocycles. The van der Waals surface area contributed by atoms with Crippen LogP contribution in [0, 0.1) is 27.7 Å². The zero-order valence-corrected chi connectivity index (χ0v) is 32.4. The molecule has 0 unspecified atom stereocenters. The minimum Gasteiger partial charge on any atom is -0.309 e. The molecule has 0 bridgehead atoms. The van der Waals surface area contributed by atoms with E-state index >= 15 is 0 Å². The Morgan fingerprint density at radius 2 is 0.554 bits per heavy atom. The molecule has 0 aliphatic rings. The molecule has 0 heterocycles. The molecule has 2 heteroatoms. The predicted molar refractivity (Wildman–Crippen MR) is 241 cm³/mol. The fourth-order valence-electron chi connectivity index (χ4n) is 8.46. The van der Waals surface area contributed by atoms with E-state index in [1.165, 1.54) is 66.1 Å². The molecule has 0 N–H and O–H groups in total. The average Bonchev–Trinajstić information content (AvgIpc) is 3.23. The smallest absolute Gasteiger partial charge is 0.0619 e. The number of benzene rings is 9. The maximum Gasteiger partial charge on any atom is 0.0619 e. The molecule has 2 nitrogen and oxygen atoms in total. The van der Waals surface area contributed by atoms with Gasteiger partial charge in [0, 0.05) is 44.3 Å². The van der Waals surface area contributed by atoms with Crippen molar-refractivity contribution in [1.82, 2.24) is 0 Å². The number of nitrogens with zero attached hydrogens (tertiary/aromatic N) is 2. The van der Waals surface area contributed by atoms with E-state index in [1.807, 2.05) is 0 Å². The van der Waals surface area contributed by atoms with Gasteiger partial charge >= 0.3 is 0 Å². The third-order valence-corrected chi connectivity index (χ3v) is 11.2. The van der Waals surface area contributed by atoms with Crippen molar-refractivity contribution in [2.75, 3.05) is 9.80 Å². The third-order valence-electron chi connectivity index (χ3n) is 11.2. The Labute approximate surface area is 330 Å². The number of hydrogen-bond donors (Lipinski definition) is 0. The molecule has 0 aliphatic heterocycles. The summed E-state index contributed by atoms with van der Waals surface area (Å²) in [5.41, 5.74) is 16.9. The molecule has 0 saturated carbocycles. The highest BCUT2D eigenvalue weighted by atomic mass is 15.2. The summed E-state index contributed by atoms with van der Waals surface area (Å²) >= 11 is 0. The highest BCUT2D eigenvalue weighted by Gasteiger charge is 2.26. The van der Waals surface area contributed by atoms with Gasteiger partial charge in [0.1, 0.15) is 0 Å². The first kappa shape index (κ1) is 34.8. The van der Waals surface area contributed by atoms with Gasteiger partial charge in [-0.25, -0.2) is 0 Å². The van der Waals surface area contributed by atoms with Crippen molar-refractivity contribution in [2.24, 2.45) is 0 Å². The van der Waals surface area contributed by atoms with Gasteiger partial charge in [-0.3, -0.25) is 0 Å². The van der Waals surface area contributed by atoms with Crippen LogP contribution < -0.4 is 9.80 Å². The molecular formula is C54H44N2. The Morgan fingerprint density at radius 3 is 0.893 bits per heavy atom. The molecule has 0 fully saturated rings. The second-order valence-electron chi connectivity index (χ2n) is 14.8. The van der Waals surface area contributed by atoms with Crippen LogP contribution in [0.4, 0.5) is 34.1 Å². The second kappa shape index (κ2) is 14.7. The minimum atomic E-state index is 1.11. The van der Waals surface area contributed by atoms with Crippen molar-refractivity contribution in [3.63, 3.8) is 0 Å².